The third kappa shape index (κ3) is 3.91. The van der Waals surface area contributed by atoms with Gasteiger partial charge in [0.05, 0.1) is 11.0 Å². The Morgan fingerprint density at radius 3 is 1.77 bits per heavy atom. The molecule has 0 saturated heterocycles. The molecule has 1 aliphatic carbocycles. The van der Waals surface area contributed by atoms with Crippen molar-refractivity contribution in [2.75, 3.05) is 0 Å². The molecule has 0 spiro atoms. The van der Waals surface area contributed by atoms with Gasteiger partial charge in [0, 0.05) is 21.9 Å². The second kappa shape index (κ2) is 10.0. The van der Waals surface area contributed by atoms with E-state index in [2.05, 4.69) is 182 Å². The lowest BCUT2D eigenvalue weighted by Gasteiger charge is -2.23. The number of hydrogen-bond acceptors (Lipinski definition) is 0. The second-order valence-electron chi connectivity index (χ2n) is 13.8. The molecule has 48 heavy (non-hydrogen) atoms. The van der Waals surface area contributed by atoms with Gasteiger partial charge in [0.15, 0.2) is 0 Å². The van der Waals surface area contributed by atoms with Crippen LogP contribution in [0.5, 0.6) is 0 Å². The van der Waals surface area contributed by atoms with Gasteiger partial charge in [-0.15, -0.1) is 0 Å². The quantitative estimate of drug-likeness (QED) is 0.187. The Kier molecular flexibility index (Phi) is 5.69. The zero-order valence-electron chi connectivity index (χ0n) is 27.0. The van der Waals surface area contributed by atoms with Crippen LogP contribution in [0.3, 0.4) is 0 Å². The molecule has 1 aliphatic rings. The van der Waals surface area contributed by atoms with Crippen LogP contribution in [0.25, 0.3) is 82.4 Å². The molecule has 8 aromatic carbocycles. The van der Waals surface area contributed by atoms with Crippen LogP contribution < -0.4 is 0 Å². The highest BCUT2D eigenvalue weighted by atomic mass is 15.0. The zero-order chi connectivity index (χ0) is 32.0. The third-order valence-corrected chi connectivity index (χ3v) is 10.7. The highest BCUT2D eigenvalue weighted by Crippen LogP contribution is 2.51. The minimum Gasteiger partial charge on any atom is -0.309 e. The molecule has 0 bridgehead atoms. The van der Waals surface area contributed by atoms with E-state index >= 15 is 0 Å². The zero-order valence-corrected chi connectivity index (χ0v) is 27.0. The smallest absolute Gasteiger partial charge is 0.0541 e. The van der Waals surface area contributed by atoms with E-state index in [-0.39, 0.29) is 5.41 Å². The standard InChI is InChI=1S/C47H33N/c1-47(2)43-14-8-6-12-39(43)41-24-21-36-28-34(20-23-38(36)46(41)47)32-17-16-31-27-33(19-18-30(31)26-32)35-22-25-45-42(29-35)40-13-7-9-15-44(40)48(45)37-10-4-3-5-11-37/h3-29H,1-2H3. The fourth-order valence-electron chi connectivity index (χ4n) is 8.42. The maximum Gasteiger partial charge on any atom is 0.0541 e. The summed E-state index contributed by atoms with van der Waals surface area (Å²) in [6.45, 7) is 4.73. The molecule has 0 atom stereocenters. The lowest BCUT2D eigenvalue weighted by Crippen LogP contribution is -2.15. The molecule has 1 aromatic heterocycles. The average molecular weight is 612 g/mol. The first-order chi connectivity index (χ1) is 23.5. The minimum absolute atomic E-state index is 0.0168. The van der Waals surface area contributed by atoms with Gasteiger partial charge < -0.3 is 4.57 Å². The Labute approximate surface area is 280 Å². The van der Waals surface area contributed by atoms with E-state index in [1.54, 1.807) is 0 Å². The minimum atomic E-state index is -0.0168. The molecule has 0 radical (unpaired) electrons. The summed E-state index contributed by atoms with van der Waals surface area (Å²) in [6, 6.07) is 60.6. The average Bonchev–Trinajstić information content (AvgIpc) is 3.59. The summed E-state index contributed by atoms with van der Waals surface area (Å²) >= 11 is 0. The third-order valence-electron chi connectivity index (χ3n) is 10.7. The number of hydrogen-bond donors (Lipinski definition) is 0. The summed E-state index contributed by atoms with van der Waals surface area (Å²) in [5, 5.41) is 7.71. The summed E-state index contributed by atoms with van der Waals surface area (Å²) < 4.78 is 2.37. The molecule has 226 valence electrons. The van der Waals surface area contributed by atoms with Crippen molar-refractivity contribution >= 4 is 43.4 Å². The van der Waals surface area contributed by atoms with Crippen molar-refractivity contribution in [2.24, 2.45) is 0 Å². The fraction of sp³-hybridized carbons (Fsp3) is 0.0638. The Morgan fingerprint density at radius 2 is 0.979 bits per heavy atom. The molecule has 0 fully saturated rings. The molecule has 0 saturated carbocycles. The van der Waals surface area contributed by atoms with Crippen LogP contribution in [0.4, 0.5) is 0 Å². The van der Waals surface area contributed by atoms with Gasteiger partial charge in [-0.2, -0.15) is 0 Å². The molecule has 0 N–H and O–H groups in total. The van der Waals surface area contributed by atoms with Gasteiger partial charge in [-0.1, -0.05) is 129 Å². The van der Waals surface area contributed by atoms with E-state index in [4.69, 9.17) is 0 Å². The predicted octanol–water partition coefficient (Wildman–Crippen LogP) is 12.7. The monoisotopic (exact) mass is 611 g/mol. The Morgan fingerprint density at radius 1 is 0.396 bits per heavy atom. The van der Waals surface area contributed by atoms with Gasteiger partial charge in [-0.3, -0.25) is 0 Å². The van der Waals surface area contributed by atoms with Crippen LogP contribution in [0.1, 0.15) is 25.0 Å². The number of benzene rings is 8. The summed E-state index contributed by atoms with van der Waals surface area (Å²) in [7, 11) is 0. The maximum absolute atomic E-state index is 2.37. The van der Waals surface area contributed by atoms with E-state index in [0.29, 0.717) is 0 Å². The van der Waals surface area contributed by atoms with Crippen LogP contribution in [-0.4, -0.2) is 4.57 Å². The van der Waals surface area contributed by atoms with E-state index in [9.17, 15) is 0 Å². The van der Waals surface area contributed by atoms with Crippen molar-refractivity contribution in [1.82, 2.24) is 4.57 Å². The maximum atomic E-state index is 2.37. The number of nitrogens with zero attached hydrogens (tertiary/aromatic N) is 1. The van der Waals surface area contributed by atoms with Crippen LogP contribution in [-0.2, 0) is 5.41 Å². The van der Waals surface area contributed by atoms with Gasteiger partial charge in [-0.05, 0) is 115 Å². The van der Waals surface area contributed by atoms with E-state index < -0.39 is 0 Å². The van der Waals surface area contributed by atoms with Gasteiger partial charge in [0.1, 0.15) is 0 Å². The molecule has 9 aromatic rings. The Bertz CT molecular complexity index is 2740. The molecule has 1 heterocycles. The van der Waals surface area contributed by atoms with Crippen LogP contribution in [0.2, 0.25) is 0 Å². The molecular formula is C47H33N. The van der Waals surface area contributed by atoms with Crippen molar-refractivity contribution < 1.29 is 0 Å². The van der Waals surface area contributed by atoms with E-state index in [1.165, 1.54) is 93.5 Å². The van der Waals surface area contributed by atoms with Gasteiger partial charge in [0.25, 0.3) is 0 Å². The number of aromatic nitrogens is 1. The molecule has 0 aliphatic heterocycles. The van der Waals surface area contributed by atoms with Crippen molar-refractivity contribution in [3.05, 3.63) is 175 Å². The van der Waals surface area contributed by atoms with Crippen LogP contribution in [0.15, 0.2) is 164 Å². The first-order valence-electron chi connectivity index (χ1n) is 16.8. The number of fused-ring (bicyclic) bond motifs is 9. The molecular weight excluding hydrogens is 579 g/mol. The van der Waals surface area contributed by atoms with Gasteiger partial charge in [-0.25, -0.2) is 0 Å². The van der Waals surface area contributed by atoms with Crippen LogP contribution >= 0.6 is 0 Å². The fourth-order valence-corrected chi connectivity index (χ4v) is 8.42. The lowest BCUT2D eigenvalue weighted by atomic mass is 9.80. The molecule has 0 unspecified atom stereocenters. The second-order valence-corrected chi connectivity index (χ2v) is 13.8. The topological polar surface area (TPSA) is 4.93 Å². The van der Waals surface area contributed by atoms with E-state index in [1.807, 2.05) is 0 Å². The normalized spacial score (nSPS) is 13.4. The summed E-state index contributed by atoms with van der Waals surface area (Å²) in [5.74, 6) is 0. The first-order valence-corrected chi connectivity index (χ1v) is 16.8. The summed E-state index contributed by atoms with van der Waals surface area (Å²) in [6.07, 6.45) is 0. The molecule has 1 heteroatoms. The van der Waals surface area contributed by atoms with Crippen molar-refractivity contribution in [3.63, 3.8) is 0 Å². The van der Waals surface area contributed by atoms with Gasteiger partial charge >= 0.3 is 0 Å². The predicted molar refractivity (Wildman–Crippen MR) is 204 cm³/mol. The van der Waals surface area contributed by atoms with Crippen molar-refractivity contribution in [1.29, 1.82) is 0 Å². The van der Waals surface area contributed by atoms with Crippen molar-refractivity contribution in [2.45, 2.75) is 19.3 Å². The molecule has 0 amide bonds. The first kappa shape index (κ1) is 27.2. The van der Waals surface area contributed by atoms with Crippen molar-refractivity contribution in [3.8, 4) is 39.1 Å². The van der Waals surface area contributed by atoms with Gasteiger partial charge in [0.2, 0.25) is 0 Å². The highest BCUT2D eigenvalue weighted by Gasteiger charge is 2.36. The Balaban J connectivity index is 1.03. The largest absolute Gasteiger partial charge is 0.309 e. The SMILES string of the molecule is CC1(C)c2ccccc2-c2ccc3cc(-c4ccc5cc(-c6ccc7c(c6)c6ccccc6n7-c6ccccc6)ccc5c4)ccc3c21. The Hall–Kier alpha value is -5.92. The summed E-state index contributed by atoms with van der Waals surface area (Å²) in [5.41, 5.74) is 14.2. The molecule has 10 rings (SSSR count). The number of rotatable bonds is 3. The highest BCUT2D eigenvalue weighted by molar-refractivity contribution is 6.10. The van der Waals surface area contributed by atoms with E-state index in [0.717, 1.165) is 0 Å². The van der Waals surface area contributed by atoms with Crippen LogP contribution in [0, 0.1) is 0 Å². The summed E-state index contributed by atoms with van der Waals surface area (Å²) in [4.78, 5) is 0. The molecule has 1 nitrogen and oxygen atoms in total. The lowest BCUT2D eigenvalue weighted by molar-refractivity contribution is 0.666. The number of para-hydroxylation sites is 2.